The van der Waals surface area contributed by atoms with Gasteiger partial charge in [-0.2, -0.15) is 4.72 Å². The molecule has 1 saturated heterocycles. The first-order chi connectivity index (χ1) is 8.40. The SMILES string of the molecule is CN1CCC(NS(=O)(=O)c2cccc(N)c2)C1=O. The quantitative estimate of drug-likeness (QED) is 0.742. The van der Waals surface area contributed by atoms with Gasteiger partial charge in [-0.15, -0.1) is 0 Å². The molecule has 0 radical (unpaired) electrons. The van der Waals surface area contributed by atoms with Gasteiger partial charge in [0, 0.05) is 19.3 Å². The van der Waals surface area contributed by atoms with Gasteiger partial charge in [0.05, 0.1) is 4.90 Å². The van der Waals surface area contributed by atoms with Crippen molar-refractivity contribution in [1.82, 2.24) is 9.62 Å². The van der Waals surface area contributed by atoms with Crippen molar-refractivity contribution in [3.05, 3.63) is 24.3 Å². The summed E-state index contributed by atoms with van der Waals surface area (Å²) in [5.74, 6) is -0.206. The predicted molar refractivity (Wildman–Crippen MR) is 67.2 cm³/mol. The van der Waals surface area contributed by atoms with E-state index in [0.29, 0.717) is 18.7 Å². The number of sulfonamides is 1. The number of nitrogen functional groups attached to an aromatic ring is 1. The Hall–Kier alpha value is -1.60. The Morgan fingerprint density at radius 3 is 2.72 bits per heavy atom. The minimum atomic E-state index is -3.70. The first kappa shape index (κ1) is 12.8. The lowest BCUT2D eigenvalue weighted by Gasteiger charge is -2.12. The fourth-order valence-corrected chi connectivity index (χ4v) is 3.15. The van der Waals surface area contributed by atoms with Gasteiger partial charge in [-0.25, -0.2) is 8.42 Å². The van der Waals surface area contributed by atoms with Crippen LogP contribution in [0.5, 0.6) is 0 Å². The van der Waals surface area contributed by atoms with E-state index in [1.807, 2.05) is 0 Å². The Balaban J connectivity index is 2.20. The van der Waals surface area contributed by atoms with Gasteiger partial charge in [-0.1, -0.05) is 6.07 Å². The van der Waals surface area contributed by atoms with Crippen molar-refractivity contribution in [3.63, 3.8) is 0 Å². The number of likely N-dealkylation sites (tertiary alicyclic amines) is 1. The van der Waals surface area contributed by atoms with Crippen molar-refractivity contribution in [3.8, 4) is 0 Å². The van der Waals surface area contributed by atoms with Gasteiger partial charge in [0.2, 0.25) is 15.9 Å². The molecule has 2 rings (SSSR count). The fraction of sp³-hybridized carbons (Fsp3) is 0.364. The van der Waals surface area contributed by atoms with E-state index < -0.39 is 16.1 Å². The molecule has 1 aliphatic rings. The first-order valence-corrected chi connectivity index (χ1v) is 7.01. The van der Waals surface area contributed by atoms with Crippen LogP contribution in [-0.2, 0) is 14.8 Å². The molecule has 98 valence electrons. The number of hydrogen-bond acceptors (Lipinski definition) is 4. The highest BCUT2D eigenvalue weighted by atomic mass is 32.2. The van der Waals surface area contributed by atoms with Crippen molar-refractivity contribution >= 4 is 21.6 Å². The summed E-state index contributed by atoms with van der Waals surface area (Å²) in [6.07, 6.45) is 0.483. The zero-order valence-corrected chi connectivity index (χ0v) is 10.8. The molecule has 0 saturated carbocycles. The smallest absolute Gasteiger partial charge is 0.241 e. The summed E-state index contributed by atoms with van der Waals surface area (Å²) in [7, 11) is -2.05. The van der Waals surface area contributed by atoms with E-state index in [2.05, 4.69) is 4.72 Å². The van der Waals surface area contributed by atoms with Crippen molar-refractivity contribution in [2.24, 2.45) is 0 Å². The van der Waals surface area contributed by atoms with E-state index in [0.717, 1.165) is 0 Å². The van der Waals surface area contributed by atoms with Crippen LogP contribution in [0.25, 0.3) is 0 Å². The maximum absolute atomic E-state index is 12.1. The summed E-state index contributed by atoms with van der Waals surface area (Å²) in [5.41, 5.74) is 5.91. The van der Waals surface area contributed by atoms with Crippen LogP contribution in [0.1, 0.15) is 6.42 Å². The molecule has 0 aromatic heterocycles. The van der Waals surface area contributed by atoms with E-state index in [1.54, 1.807) is 19.2 Å². The summed E-state index contributed by atoms with van der Waals surface area (Å²) < 4.78 is 26.5. The van der Waals surface area contributed by atoms with E-state index in [4.69, 9.17) is 5.73 Å². The van der Waals surface area contributed by atoms with Gasteiger partial charge in [0.1, 0.15) is 6.04 Å². The van der Waals surface area contributed by atoms with Crippen molar-refractivity contribution in [1.29, 1.82) is 0 Å². The van der Waals surface area contributed by atoms with Crippen LogP contribution in [0.3, 0.4) is 0 Å². The lowest BCUT2D eigenvalue weighted by molar-refractivity contribution is -0.127. The van der Waals surface area contributed by atoms with E-state index in [9.17, 15) is 13.2 Å². The number of anilines is 1. The number of likely N-dealkylation sites (N-methyl/N-ethyl adjacent to an activating group) is 1. The molecule has 1 aromatic carbocycles. The normalized spacial score (nSPS) is 20.4. The van der Waals surface area contributed by atoms with Gasteiger partial charge in [0.15, 0.2) is 0 Å². The maximum Gasteiger partial charge on any atom is 0.241 e. The van der Waals surface area contributed by atoms with Crippen LogP contribution in [-0.4, -0.2) is 38.9 Å². The number of carbonyl (C=O) groups excluding carboxylic acids is 1. The molecule has 1 atom stereocenters. The first-order valence-electron chi connectivity index (χ1n) is 5.53. The van der Waals surface area contributed by atoms with Crippen molar-refractivity contribution in [2.75, 3.05) is 19.3 Å². The van der Waals surface area contributed by atoms with Gasteiger partial charge in [0.25, 0.3) is 0 Å². The number of benzene rings is 1. The van der Waals surface area contributed by atoms with Crippen LogP contribution in [0.2, 0.25) is 0 Å². The second-order valence-electron chi connectivity index (χ2n) is 4.29. The lowest BCUT2D eigenvalue weighted by atomic mass is 10.3. The highest BCUT2D eigenvalue weighted by molar-refractivity contribution is 7.89. The third kappa shape index (κ3) is 2.46. The van der Waals surface area contributed by atoms with Gasteiger partial charge < -0.3 is 10.6 Å². The minimum absolute atomic E-state index is 0.0739. The average molecular weight is 269 g/mol. The Bertz CT molecular complexity index is 571. The number of carbonyl (C=O) groups is 1. The molecule has 1 amide bonds. The molecule has 0 aliphatic carbocycles. The van der Waals surface area contributed by atoms with Crippen LogP contribution >= 0.6 is 0 Å². The van der Waals surface area contributed by atoms with Crippen molar-refractivity contribution in [2.45, 2.75) is 17.4 Å². The molecule has 0 spiro atoms. The van der Waals surface area contributed by atoms with Crippen LogP contribution < -0.4 is 10.5 Å². The van der Waals surface area contributed by atoms with Crippen LogP contribution in [0, 0.1) is 0 Å². The second-order valence-corrected chi connectivity index (χ2v) is 6.01. The number of rotatable bonds is 3. The summed E-state index contributed by atoms with van der Waals surface area (Å²) in [4.78, 5) is 13.2. The molecule has 0 bridgehead atoms. The van der Waals surface area contributed by atoms with E-state index in [1.165, 1.54) is 17.0 Å². The summed E-state index contributed by atoms with van der Waals surface area (Å²) in [5, 5.41) is 0. The molecule has 1 unspecified atom stereocenters. The standard InChI is InChI=1S/C11H15N3O3S/c1-14-6-5-10(11(14)15)13-18(16,17)9-4-2-3-8(12)7-9/h2-4,7,10,13H,5-6,12H2,1H3. The largest absolute Gasteiger partial charge is 0.399 e. The minimum Gasteiger partial charge on any atom is -0.399 e. The molecule has 3 N–H and O–H groups in total. The Morgan fingerprint density at radius 2 is 2.17 bits per heavy atom. The van der Waals surface area contributed by atoms with Crippen LogP contribution in [0.4, 0.5) is 5.69 Å². The zero-order chi connectivity index (χ0) is 13.3. The molecule has 1 aliphatic heterocycles. The molecular weight excluding hydrogens is 254 g/mol. The summed E-state index contributed by atoms with van der Waals surface area (Å²) in [6.45, 7) is 0.558. The predicted octanol–water partition coefficient (Wildman–Crippen LogP) is -0.222. The van der Waals surface area contributed by atoms with Gasteiger partial charge >= 0.3 is 0 Å². The Labute approximate surface area is 106 Å². The second kappa shape index (κ2) is 4.58. The summed E-state index contributed by atoms with van der Waals surface area (Å²) >= 11 is 0. The number of amides is 1. The Morgan fingerprint density at radius 1 is 1.44 bits per heavy atom. The van der Waals surface area contributed by atoms with E-state index >= 15 is 0 Å². The molecule has 18 heavy (non-hydrogen) atoms. The van der Waals surface area contributed by atoms with E-state index in [-0.39, 0.29) is 10.8 Å². The Kier molecular flexibility index (Phi) is 3.27. The summed E-state index contributed by atoms with van der Waals surface area (Å²) in [6, 6.07) is 5.30. The molecule has 1 aromatic rings. The number of nitrogens with one attached hydrogen (secondary N) is 1. The van der Waals surface area contributed by atoms with Gasteiger partial charge in [-0.3, -0.25) is 4.79 Å². The fourth-order valence-electron chi connectivity index (χ4n) is 1.87. The third-order valence-electron chi connectivity index (χ3n) is 2.89. The molecular formula is C11H15N3O3S. The molecule has 1 heterocycles. The third-order valence-corrected chi connectivity index (χ3v) is 4.36. The van der Waals surface area contributed by atoms with Gasteiger partial charge in [-0.05, 0) is 24.6 Å². The average Bonchev–Trinajstić information content (AvgIpc) is 2.61. The lowest BCUT2D eigenvalue weighted by Crippen LogP contribution is -2.40. The number of hydrogen-bond donors (Lipinski definition) is 2. The topological polar surface area (TPSA) is 92.5 Å². The highest BCUT2D eigenvalue weighted by Gasteiger charge is 2.32. The monoisotopic (exact) mass is 269 g/mol. The molecule has 6 nitrogen and oxygen atoms in total. The van der Waals surface area contributed by atoms with Crippen molar-refractivity contribution < 1.29 is 13.2 Å². The number of nitrogens with zero attached hydrogens (tertiary/aromatic N) is 1. The zero-order valence-electron chi connectivity index (χ0n) is 9.96. The number of nitrogens with two attached hydrogens (primary N) is 1. The highest BCUT2D eigenvalue weighted by Crippen LogP contribution is 2.16. The molecule has 1 fully saturated rings. The van der Waals surface area contributed by atoms with Crippen LogP contribution in [0.15, 0.2) is 29.2 Å². The molecule has 7 heteroatoms. The maximum atomic E-state index is 12.1.